The zero-order valence-electron chi connectivity index (χ0n) is 19.3. The van der Waals surface area contributed by atoms with Crippen LogP contribution in [-0.2, 0) is 13.2 Å². The highest BCUT2D eigenvalue weighted by molar-refractivity contribution is 6.10. The van der Waals surface area contributed by atoms with Crippen LogP contribution in [0.3, 0.4) is 0 Å². The molecule has 0 radical (unpaired) electrons. The van der Waals surface area contributed by atoms with Gasteiger partial charge in [-0.25, -0.2) is 9.97 Å². The number of likely N-dealkylation sites (tertiary alicyclic amines) is 1. The number of pyridine rings is 1. The number of benzene rings is 1. The van der Waals surface area contributed by atoms with Gasteiger partial charge in [0.25, 0.3) is 5.91 Å². The standard InChI is InChI=1S/C26H22F3N5O2/c1-33-22(15-6-3-2-4-7-15)20(21-24(33)32-11-10-30-21)25(35)34-12-16-17(13-34)18(16)14-36-19-8-5-9-31-23(19)26(27,28)29/h2-11,16-18H,12-14H2,1H3/t16-,17+,18-. The first-order valence-electron chi connectivity index (χ1n) is 11.6. The molecule has 10 heteroatoms. The van der Waals surface area contributed by atoms with Gasteiger partial charge >= 0.3 is 6.18 Å². The molecule has 0 unspecified atom stereocenters. The van der Waals surface area contributed by atoms with Crippen molar-refractivity contribution in [1.82, 2.24) is 24.4 Å². The second-order valence-corrected chi connectivity index (χ2v) is 9.24. The van der Waals surface area contributed by atoms with Gasteiger partial charge in [-0.2, -0.15) is 13.2 Å². The van der Waals surface area contributed by atoms with E-state index in [1.807, 2.05) is 46.8 Å². The molecule has 0 bridgehead atoms. The van der Waals surface area contributed by atoms with Crippen LogP contribution >= 0.6 is 0 Å². The van der Waals surface area contributed by atoms with E-state index in [4.69, 9.17) is 4.74 Å². The van der Waals surface area contributed by atoms with Crippen LogP contribution in [0.5, 0.6) is 5.75 Å². The largest absolute Gasteiger partial charge is 0.491 e. The first-order valence-corrected chi connectivity index (χ1v) is 11.6. The lowest BCUT2D eigenvalue weighted by atomic mass is 10.1. The Morgan fingerprint density at radius 1 is 1.00 bits per heavy atom. The summed E-state index contributed by atoms with van der Waals surface area (Å²) in [6.07, 6.45) is -0.284. The first-order chi connectivity index (χ1) is 17.3. The highest BCUT2D eigenvalue weighted by Gasteiger charge is 2.57. The van der Waals surface area contributed by atoms with Crippen LogP contribution in [0.1, 0.15) is 16.1 Å². The number of carbonyl (C=O) groups is 1. The monoisotopic (exact) mass is 493 g/mol. The molecule has 3 aromatic heterocycles. The van der Waals surface area contributed by atoms with Gasteiger partial charge < -0.3 is 14.2 Å². The number of hydrogen-bond acceptors (Lipinski definition) is 5. The van der Waals surface area contributed by atoms with E-state index >= 15 is 0 Å². The zero-order chi connectivity index (χ0) is 25.0. The minimum absolute atomic E-state index is 0.108. The molecule has 1 aliphatic heterocycles. The van der Waals surface area contributed by atoms with E-state index in [1.165, 1.54) is 12.1 Å². The van der Waals surface area contributed by atoms with Crippen LogP contribution in [0.2, 0.25) is 0 Å². The summed E-state index contributed by atoms with van der Waals surface area (Å²) in [7, 11) is 1.87. The van der Waals surface area contributed by atoms with E-state index in [9.17, 15) is 18.0 Å². The molecule has 4 aromatic rings. The van der Waals surface area contributed by atoms with Crippen molar-refractivity contribution >= 4 is 17.1 Å². The summed E-state index contributed by atoms with van der Waals surface area (Å²) in [5, 5.41) is 0. The number of amides is 1. The van der Waals surface area contributed by atoms with Gasteiger partial charge in [0, 0.05) is 44.6 Å². The van der Waals surface area contributed by atoms with Crippen LogP contribution in [0.4, 0.5) is 13.2 Å². The smallest absolute Gasteiger partial charge is 0.437 e. The number of rotatable bonds is 5. The van der Waals surface area contributed by atoms with Crippen LogP contribution in [0.15, 0.2) is 61.1 Å². The fourth-order valence-corrected chi connectivity index (χ4v) is 5.40. The normalized spacial score (nSPS) is 21.0. The fraction of sp³-hybridized carbons (Fsp3) is 0.308. The van der Waals surface area contributed by atoms with Crippen molar-refractivity contribution in [2.75, 3.05) is 19.7 Å². The van der Waals surface area contributed by atoms with Gasteiger partial charge in [-0.15, -0.1) is 0 Å². The Bertz CT molecular complexity index is 1440. The summed E-state index contributed by atoms with van der Waals surface area (Å²) in [5.74, 6) is 0.127. The molecule has 4 heterocycles. The second-order valence-electron chi connectivity index (χ2n) is 9.24. The highest BCUT2D eigenvalue weighted by Crippen LogP contribution is 2.52. The number of aromatic nitrogens is 4. The van der Waals surface area contributed by atoms with Crippen molar-refractivity contribution in [3.8, 4) is 17.0 Å². The zero-order valence-corrected chi connectivity index (χ0v) is 19.3. The number of nitrogens with zero attached hydrogens (tertiary/aromatic N) is 5. The molecule has 1 aliphatic carbocycles. The molecule has 184 valence electrons. The highest BCUT2D eigenvalue weighted by atomic mass is 19.4. The van der Waals surface area contributed by atoms with E-state index in [2.05, 4.69) is 15.0 Å². The van der Waals surface area contributed by atoms with Gasteiger partial charge in [-0.3, -0.25) is 9.78 Å². The molecule has 1 amide bonds. The van der Waals surface area contributed by atoms with Crippen LogP contribution in [-0.4, -0.2) is 50.0 Å². The van der Waals surface area contributed by atoms with Crippen molar-refractivity contribution in [2.24, 2.45) is 24.8 Å². The average Bonchev–Trinajstić information content (AvgIpc) is 3.20. The molecule has 1 aromatic carbocycles. The van der Waals surface area contributed by atoms with Crippen molar-refractivity contribution in [3.05, 3.63) is 72.3 Å². The summed E-state index contributed by atoms with van der Waals surface area (Å²) in [5.41, 5.74) is 2.35. The second kappa shape index (κ2) is 8.32. The Kier molecular flexibility index (Phi) is 5.20. The van der Waals surface area contributed by atoms with Gasteiger partial charge in [0.15, 0.2) is 11.3 Å². The lowest BCUT2D eigenvalue weighted by Crippen LogP contribution is -2.32. The van der Waals surface area contributed by atoms with Gasteiger partial charge in [-0.1, -0.05) is 30.3 Å². The minimum Gasteiger partial charge on any atom is -0.491 e. The maximum absolute atomic E-state index is 13.8. The Morgan fingerprint density at radius 2 is 1.72 bits per heavy atom. The number of carbonyl (C=O) groups excluding carboxylic acids is 1. The number of aryl methyl sites for hydroxylation is 1. The van der Waals surface area contributed by atoms with Crippen molar-refractivity contribution in [3.63, 3.8) is 0 Å². The van der Waals surface area contributed by atoms with E-state index in [-0.39, 0.29) is 36.0 Å². The van der Waals surface area contributed by atoms with Gasteiger partial charge in [0.2, 0.25) is 0 Å². The molecule has 7 nitrogen and oxygen atoms in total. The lowest BCUT2D eigenvalue weighted by molar-refractivity contribution is -0.142. The third-order valence-electron chi connectivity index (χ3n) is 7.20. The fourth-order valence-electron chi connectivity index (χ4n) is 5.40. The van der Waals surface area contributed by atoms with Crippen LogP contribution < -0.4 is 4.74 Å². The number of hydrogen-bond donors (Lipinski definition) is 0. The lowest BCUT2D eigenvalue weighted by Gasteiger charge is -2.21. The molecule has 36 heavy (non-hydrogen) atoms. The molecular weight excluding hydrogens is 471 g/mol. The van der Waals surface area contributed by atoms with Crippen LogP contribution in [0, 0.1) is 17.8 Å². The third kappa shape index (κ3) is 3.68. The topological polar surface area (TPSA) is 73.1 Å². The molecule has 1 saturated carbocycles. The van der Waals surface area contributed by atoms with E-state index in [1.54, 1.807) is 12.4 Å². The first kappa shape index (κ1) is 22.5. The predicted octanol–water partition coefficient (Wildman–Crippen LogP) is 4.45. The van der Waals surface area contributed by atoms with Crippen molar-refractivity contribution in [1.29, 1.82) is 0 Å². The molecule has 1 saturated heterocycles. The number of fused-ring (bicyclic) bond motifs is 2. The summed E-state index contributed by atoms with van der Waals surface area (Å²) in [6.45, 7) is 1.23. The molecule has 0 N–H and O–H groups in total. The van der Waals surface area contributed by atoms with Gasteiger partial charge in [-0.05, 0) is 29.5 Å². The molecule has 2 fully saturated rings. The Labute approximate surface area is 204 Å². The summed E-state index contributed by atoms with van der Waals surface area (Å²) < 4.78 is 47.0. The van der Waals surface area contributed by atoms with Gasteiger partial charge in [0.1, 0.15) is 11.3 Å². The predicted molar refractivity (Wildman–Crippen MR) is 125 cm³/mol. The quantitative estimate of drug-likeness (QED) is 0.411. The molecule has 2 aliphatic rings. The van der Waals surface area contributed by atoms with E-state index < -0.39 is 11.9 Å². The number of ether oxygens (including phenoxy) is 1. The third-order valence-corrected chi connectivity index (χ3v) is 7.20. The average molecular weight is 493 g/mol. The Balaban J connectivity index is 1.20. The van der Waals surface area contributed by atoms with Gasteiger partial charge in [0.05, 0.1) is 17.9 Å². The minimum atomic E-state index is -4.57. The summed E-state index contributed by atoms with van der Waals surface area (Å²) in [4.78, 5) is 27.9. The molecule has 6 rings (SSSR count). The molecule has 3 atom stereocenters. The van der Waals surface area contributed by atoms with E-state index in [0.29, 0.717) is 29.8 Å². The Hall–Kier alpha value is -3.95. The summed E-state index contributed by atoms with van der Waals surface area (Å²) >= 11 is 0. The maximum Gasteiger partial charge on any atom is 0.437 e. The SMILES string of the molecule is Cn1c(-c2ccccc2)c(C(=O)N2C[C@@H]3[C@H](COc4cccnc4C(F)(F)F)[C@@H]3C2)c2nccnc21. The number of piperidine rings is 1. The van der Waals surface area contributed by atoms with Crippen molar-refractivity contribution < 1.29 is 22.7 Å². The van der Waals surface area contributed by atoms with Crippen molar-refractivity contribution in [2.45, 2.75) is 6.18 Å². The maximum atomic E-state index is 13.8. The molecular formula is C26H22F3N5O2. The number of halogens is 3. The summed E-state index contributed by atoms with van der Waals surface area (Å²) in [6, 6.07) is 12.4. The molecule has 0 spiro atoms. The Morgan fingerprint density at radius 3 is 2.44 bits per heavy atom. The number of alkyl halides is 3. The van der Waals surface area contributed by atoms with E-state index in [0.717, 1.165) is 17.5 Å². The van der Waals surface area contributed by atoms with Crippen LogP contribution in [0.25, 0.3) is 22.4 Å².